The summed E-state index contributed by atoms with van der Waals surface area (Å²) in [5, 5.41) is 5.93. The van der Waals surface area contributed by atoms with E-state index >= 15 is 0 Å². The second kappa shape index (κ2) is 7.46. The average Bonchev–Trinajstić information content (AvgIpc) is 2.45. The molecule has 2 N–H and O–H groups in total. The number of esters is 1. The average molecular weight is 320 g/mol. The first kappa shape index (κ1) is 17.3. The quantitative estimate of drug-likeness (QED) is 0.830. The van der Waals surface area contributed by atoms with E-state index in [0.29, 0.717) is 19.6 Å². The molecule has 1 aliphatic rings. The third-order valence-corrected chi connectivity index (χ3v) is 3.40. The standard InChI is InChI=1S/C17H24N2O4/c1-17(2,3)23-16(21)19-13-9-10-22-15(20)14(13)18-11-12-7-5-4-6-8-12/h4-8,13-14,18H,9-11H2,1-3H3,(H,19,21)/t13-,14-/m0/s1. The van der Waals surface area contributed by atoms with Gasteiger partial charge in [0.1, 0.15) is 11.6 Å². The van der Waals surface area contributed by atoms with Crippen LogP contribution < -0.4 is 10.6 Å². The maximum absolute atomic E-state index is 12.0. The predicted molar refractivity (Wildman–Crippen MR) is 85.8 cm³/mol. The largest absolute Gasteiger partial charge is 0.464 e. The third kappa shape index (κ3) is 5.56. The molecule has 1 aliphatic heterocycles. The van der Waals surface area contributed by atoms with Gasteiger partial charge >= 0.3 is 12.1 Å². The summed E-state index contributed by atoms with van der Waals surface area (Å²) in [5.41, 5.74) is 0.480. The van der Waals surface area contributed by atoms with Gasteiger partial charge in [0, 0.05) is 13.0 Å². The highest BCUT2D eigenvalue weighted by Gasteiger charge is 2.35. The molecule has 0 unspecified atom stereocenters. The molecule has 6 heteroatoms. The zero-order valence-electron chi connectivity index (χ0n) is 13.8. The van der Waals surface area contributed by atoms with Crippen LogP contribution in [-0.4, -0.2) is 36.4 Å². The Bertz CT molecular complexity index is 539. The van der Waals surface area contributed by atoms with E-state index in [1.54, 1.807) is 20.8 Å². The van der Waals surface area contributed by atoms with E-state index in [-0.39, 0.29) is 12.0 Å². The lowest BCUT2D eigenvalue weighted by atomic mass is 10.0. The summed E-state index contributed by atoms with van der Waals surface area (Å²) in [6, 6.07) is 8.81. The zero-order chi connectivity index (χ0) is 16.9. The first-order chi connectivity index (χ1) is 10.8. The number of carbonyl (C=O) groups excluding carboxylic acids is 2. The Labute approximate surface area is 136 Å². The molecule has 1 aromatic carbocycles. The van der Waals surface area contributed by atoms with Gasteiger partial charge in [0.25, 0.3) is 0 Å². The van der Waals surface area contributed by atoms with Gasteiger partial charge in [0.15, 0.2) is 0 Å². The topological polar surface area (TPSA) is 76.7 Å². The minimum absolute atomic E-state index is 0.294. The van der Waals surface area contributed by atoms with E-state index in [4.69, 9.17) is 9.47 Å². The molecule has 0 aliphatic carbocycles. The van der Waals surface area contributed by atoms with E-state index < -0.39 is 17.7 Å². The Morgan fingerprint density at radius 1 is 1.30 bits per heavy atom. The molecule has 126 valence electrons. The van der Waals surface area contributed by atoms with Gasteiger partial charge in [-0.15, -0.1) is 0 Å². The van der Waals surface area contributed by atoms with E-state index in [9.17, 15) is 9.59 Å². The molecule has 1 heterocycles. The van der Waals surface area contributed by atoms with Crippen LogP contribution in [0.4, 0.5) is 4.79 Å². The Morgan fingerprint density at radius 2 is 2.00 bits per heavy atom. The number of alkyl carbamates (subject to hydrolysis) is 1. The number of amides is 1. The van der Waals surface area contributed by atoms with Gasteiger partial charge in [-0.25, -0.2) is 4.79 Å². The van der Waals surface area contributed by atoms with Gasteiger partial charge in [-0.2, -0.15) is 0 Å². The summed E-state index contributed by atoms with van der Waals surface area (Å²) >= 11 is 0. The number of benzene rings is 1. The molecule has 0 bridgehead atoms. The number of ether oxygens (including phenoxy) is 2. The van der Waals surface area contributed by atoms with Gasteiger partial charge in [0.05, 0.1) is 12.6 Å². The highest BCUT2D eigenvalue weighted by atomic mass is 16.6. The van der Waals surface area contributed by atoms with E-state index in [0.717, 1.165) is 5.56 Å². The molecule has 1 fully saturated rings. The van der Waals surface area contributed by atoms with E-state index in [1.807, 2.05) is 30.3 Å². The van der Waals surface area contributed by atoms with Crippen molar-refractivity contribution in [3.8, 4) is 0 Å². The van der Waals surface area contributed by atoms with Crippen molar-refractivity contribution in [3.05, 3.63) is 35.9 Å². The lowest BCUT2D eigenvalue weighted by Gasteiger charge is -2.32. The van der Waals surface area contributed by atoms with Crippen molar-refractivity contribution < 1.29 is 19.1 Å². The molecular formula is C17H24N2O4. The minimum atomic E-state index is -0.587. The molecule has 1 amide bonds. The van der Waals surface area contributed by atoms with Crippen molar-refractivity contribution in [2.75, 3.05) is 6.61 Å². The molecule has 0 saturated carbocycles. The number of rotatable bonds is 4. The normalized spacial score (nSPS) is 21.4. The maximum Gasteiger partial charge on any atom is 0.407 e. The third-order valence-electron chi connectivity index (χ3n) is 3.40. The van der Waals surface area contributed by atoms with Crippen LogP contribution in [0.5, 0.6) is 0 Å². The molecule has 2 atom stereocenters. The van der Waals surface area contributed by atoms with Crippen LogP contribution in [0, 0.1) is 0 Å². The van der Waals surface area contributed by atoms with Crippen LogP contribution in [0.25, 0.3) is 0 Å². The van der Waals surface area contributed by atoms with Crippen molar-refractivity contribution in [2.45, 2.75) is 51.4 Å². The van der Waals surface area contributed by atoms with Crippen molar-refractivity contribution >= 4 is 12.1 Å². The molecule has 0 radical (unpaired) electrons. The summed E-state index contributed by atoms with van der Waals surface area (Å²) in [5.74, 6) is -0.353. The number of carbonyl (C=O) groups is 2. The molecule has 6 nitrogen and oxygen atoms in total. The first-order valence-corrected chi connectivity index (χ1v) is 7.78. The van der Waals surface area contributed by atoms with Crippen molar-refractivity contribution in [3.63, 3.8) is 0 Å². The Hall–Kier alpha value is -2.08. The van der Waals surface area contributed by atoms with Crippen LogP contribution in [0.1, 0.15) is 32.8 Å². The number of hydrogen-bond donors (Lipinski definition) is 2. The molecular weight excluding hydrogens is 296 g/mol. The molecule has 0 aromatic heterocycles. The highest BCUT2D eigenvalue weighted by molar-refractivity contribution is 5.79. The summed E-state index contributed by atoms with van der Waals surface area (Å²) < 4.78 is 10.4. The Kier molecular flexibility index (Phi) is 5.60. The van der Waals surface area contributed by atoms with Crippen molar-refractivity contribution in [1.29, 1.82) is 0 Å². The molecule has 2 rings (SSSR count). The van der Waals surface area contributed by atoms with Crippen molar-refractivity contribution in [1.82, 2.24) is 10.6 Å². The number of nitrogens with one attached hydrogen (secondary N) is 2. The zero-order valence-corrected chi connectivity index (χ0v) is 13.8. The molecule has 1 saturated heterocycles. The first-order valence-electron chi connectivity index (χ1n) is 7.78. The van der Waals surface area contributed by atoms with Gasteiger partial charge in [-0.05, 0) is 26.3 Å². The monoisotopic (exact) mass is 320 g/mol. The maximum atomic E-state index is 12.0. The van der Waals surface area contributed by atoms with Crippen LogP contribution >= 0.6 is 0 Å². The molecule has 23 heavy (non-hydrogen) atoms. The second-order valence-electron chi connectivity index (χ2n) is 6.55. The van der Waals surface area contributed by atoms with Gasteiger partial charge in [-0.3, -0.25) is 10.1 Å². The fraction of sp³-hybridized carbons (Fsp3) is 0.529. The van der Waals surface area contributed by atoms with Crippen LogP contribution in [-0.2, 0) is 20.8 Å². The lowest BCUT2D eigenvalue weighted by molar-refractivity contribution is -0.151. The number of cyclic esters (lactones) is 1. The Morgan fingerprint density at radius 3 is 2.65 bits per heavy atom. The fourth-order valence-corrected chi connectivity index (χ4v) is 2.37. The highest BCUT2D eigenvalue weighted by Crippen LogP contribution is 2.13. The second-order valence-corrected chi connectivity index (χ2v) is 6.55. The van der Waals surface area contributed by atoms with Crippen LogP contribution in [0.2, 0.25) is 0 Å². The summed E-state index contributed by atoms with van der Waals surface area (Å²) in [7, 11) is 0. The van der Waals surface area contributed by atoms with E-state index in [1.165, 1.54) is 0 Å². The summed E-state index contributed by atoms with van der Waals surface area (Å²) in [6.45, 7) is 6.21. The minimum Gasteiger partial charge on any atom is -0.464 e. The van der Waals surface area contributed by atoms with E-state index in [2.05, 4.69) is 10.6 Å². The SMILES string of the molecule is CC(C)(C)OC(=O)N[C@H]1CCOC(=O)[C@H]1NCc1ccccc1. The Balaban J connectivity index is 1.95. The summed E-state index contributed by atoms with van der Waals surface area (Å²) in [4.78, 5) is 24.0. The van der Waals surface area contributed by atoms with Crippen LogP contribution in [0.15, 0.2) is 30.3 Å². The fourth-order valence-electron chi connectivity index (χ4n) is 2.37. The van der Waals surface area contributed by atoms with Gasteiger partial charge in [-0.1, -0.05) is 30.3 Å². The summed E-state index contributed by atoms with van der Waals surface area (Å²) in [6.07, 6.45) is 0.0287. The van der Waals surface area contributed by atoms with Gasteiger partial charge < -0.3 is 14.8 Å². The smallest absolute Gasteiger partial charge is 0.407 e. The van der Waals surface area contributed by atoms with Gasteiger partial charge in [0.2, 0.25) is 0 Å². The van der Waals surface area contributed by atoms with Crippen molar-refractivity contribution in [2.24, 2.45) is 0 Å². The number of hydrogen-bond acceptors (Lipinski definition) is 5. The lowest BCUT2D eigenvalue weighted by Crippen LogP contribution is -2.57. The predicted octanol–water partition coefficient (Wildman–Crippen LogP) is 1.98. The molecule has 0 spiro atoms. The molecule has 1 aromatic rings. The van der Waals surface area contributed by atoms with Crippen LogP contribution in [0.3, 0.4) is 0 Å².